The first-order chi connectivity index (χ1) is 9.00. The Labute approximate surface area is 115 Å². The summed E-state index contributed by atoms with van der Waals surface area (Å²) in [4.78, 5) is 12.5. The lowest BCUT2D eigenvalue weighted by atomic mass is 9.62. The number of ketones is 1. The van der Waals surface area contributed by atoms with Gasteiger partial charge in [0.2, 0.25) is 0 Å². The Balaban J connectivity index is 1.94. The first-order valence-corrected chi connectivity index (χ1v) is 7.56. The van der Waals surface area contributed by atoms with Crippen LogP contribution in [0.5, 0.6) is 0 Å². The van der Waals surface area contributed by atoms with E-state index in [4.69, 9.17) is 0 Å². The number of carbonyl (C=O) groups is 1. The highest BCUT2D eigenvalue weighted by Gasteiger charge is 2.72. The van der Waals surface area contributed by atoms with E-state index in [1.165, 1.54) is 24.8 Å². The van der Waals surface area contributed by atoms with Crippen molar-refractivity contribution in [1.29, 1.82) is 0 Å². The third-order valence-electron chi connectivity index (χ3n) is 6.43. The van der Waals surface area contributed by atoms with Crippen LogP contribution < -0.4 is 0 Å². The third kappa shape index (κ3) is 1.24. The van der Waals surface area contributed by atoms with Crippen molar-refractivity contribution in [2.75, 3.05) is 0 Å². The molecular formula is C18H22O. The zero-order chi connectivity index (χ0) is 13.3. The Morgan fingerprint density at radius 1 is 1.11 bits per heavy atom. The number of benzene rings is 1. The molecule has 0 aromatic heterocycles. The molecule has 100 valence electrons. The predicted molar refractivity (Wildman–Crippen MR) is 75.9 cm³/mol. The van der Waals surface area contributed by atoms with Gasteiger partial charge in [0.25, 0.3) is 0 Å². The van der Waals surface area contributed by atoms with E-state index in [9.17, 15) is 4.79 Å². The zero-order valence-corrected chi connectivity index (χ0v) is 11.9. The molecule has 0 saturated heterocycles. The van der Waals surface area contributed by atoms with Gasteiger partial charge in [0.15, 0.2) is 0 Å². The Hall–Kier alpha value is -1.11. The van der Waals surface area contributed by atoms with Gasteiger partial charge in [0, 0.05) is 10.8 Å². The van der Waals surface area contributed by atoms with E-state index in [0.717, 1.165) is 18.8 Å². The summed E-state index contributed by atoms with van der Waals surface area (Å²) in [5.41, 5.74) is 1.93. The fourth-order valence-corrected chi connectivity index (χ4v) is 6.29. The van der Waals surface area contributed by atoms with Gasteiger partial charge in [-0.05, 0) is 55.9 Å². The summed E-state index contributed by atoms with van der Waals surface area (Å²) in [6.45, 7) is 4.26. The summed E-state index contributed by atoms with van der Waals surface area (Å²) >= 11 is 0. The Morgan fingerprint density at radius 2 is 1.84 bits per heavy atom. The molecule has 4 fully saturated rings. The van der Waals surface area contributed by atoms with Crippen LogP contribution in [0.25, 0.3) is 0 Å². The van der Waals surface area contributed by atoms with E-state index in [1.54, 1.807) is 0 Å². The summed E-state index contributed by atoms with van der Waals surface area (Å²) in [7, 11) is 0. The van der Waals surface area contributed by atoms with Crippen LogP contribution >= 0.6 is 0 Å². The van der Waals surface area contributed by atoms with Gasteiger partial charge in [-0.25, -0.2) is 0 Å². The number of carbonyl (C=O) groups excluding carboxylic acids is 1. The Bertz CT molecular complexity index is 548. The Kier molecular flexibility index (Phi) is 2.04. The minimum Gasteiger partial charge on any atom is -0.299 e. The van der Waals surface area contributed by atoms with E-state index in [1.807, 2.05) is 6.92 Å². The average molecular weight is 254 g/mol. The third-order valence-corrected chi connectivity index (χ3v) is 6.43. The van der Waals surface area contributed by atoms with Crippen LogP contribution in [0.15, 0.2) is 30.3 Å². The first-order valence-electron chi connectivity index (χ1n) is 7.56. The summed E-state index contributed by atoms with van der Waals surface area (Å²) in [6, 6.07) is 10.9. The van der Waals surface area contributed by atoms with Crippen molar-refractivity contribution >= 4 is 5.78 Å². The van der Waals surface area contributed by atoms with E-state index < -0.39 is 0 Å². The van der Waals surface area contributed by atoms with Crippen LogP contribution in [-0.4, -0.2) is 5.78 Å². The molecule has 0 amide bonds. The lowest BCUT2D eigenvalue weighted by Crippen LogP contribution is -2.41. The van der Waals surface area contributed by atoms with E-state index in [0.29, 0.717) is 11.2 Å². The summed E-state index contributed by atoms with van der Waals surface area (Å²) in [5, 5.41) is 0. The van der Waals surface area contributed by atoms with Gasteiger partial charge >= 0.3 is 0 Å². The van der Waals surface area contributed by atoms with Gasteiger partial charge in [0.1, 0.15) is 5.78 Å². The van der Waals surface area contributed by atoms with Crippen molar-refractivity contribution in [3.63, 3.8) is 0 Å². The Morgan fingerprint density at radius 3 is 2.47 bits per heavy atom. The second-order valence-corrected chi connectivity index (χ2v) is 7.73. The van der Waals surface area contributed by atoms with Crippen LogP contribution in [0.1, 0.15) is 51.5 Å². The van der Waals surface area contributed by atoms with Crippen molar-refractivity contribution in [2.45, 2.75) is 51.4 Å². The molecule has 0 aliphatic heterocycles. The topological polar surface area (TPSA) is 17.1 Å². The predicted octanol–water partition coefficient (Wildman–Crippen LogP) is 4.11. The highest BCUT2D eigenvalue weighted by Crippen LogP contribution is 2.76. The maximum Gasteiger partial charge on any atom is 0.136 e. The molecule has 4 aliphatic rings. The average Bonchev–Trinajstić information content (AvgIpc) is 2.70. The normalized spacial score (nSPS) is 46.7. The number of hydrogen-bond donors (Lipinski definition) is 0. The molecule has 2 unspecified atom stereocenters. The molecule has 1 nitrogen and oxygen atoms in total. The molecule has 5 rings (SSSR count). The molecule has 0 N–H and O–H groups in total. The number of Topliss-reactive ketones (excluding diaryl/α,β-unsaturated/α-hetero) is 1. The highest BCUT2D eigenvalue weighted by molar-refractivity contribution is 5.86. The quantitative estimate of drug-likeness (QED) is 0.776. The second kappa shape index (κ2) is 3.31. The monoisotopic (exact) mass is 254 g/mol. The standard InChI is InChI=1S/C18H22O/c1-13(19)17-9-14-8-16(2,11-17)12-18(17,10-14)15-6-4-3-5-7-15/h3-7,14H,8-12H2,1-2H3/t14?,16-,17?,18-/m1/s1. The van der Waals surface area contributed by atoms with Crippen LogP contribution in [0.3, 0.4) is 0 Å². The van der Waals surface area contributed by atoms with E-state index in [2.05, 4.69) is 37.3 Å². The van der Waals surface area contributed by atoms with Crippen LogP contribution in [0, 0.1) is 16.7 Å². The van der Waals surface area contributed by atoms with Gasteiger partial charge in [-0.2, -0.15) is 0 Å². The minimum atomic E-state index is -0.0496. The smallest absolute Gasteiger partial charge is 0.136 e. The largest absolute Gasteiger partial charge is 0.299 e. The van der Waals surface area contributed by atoms with Gasteiger partial charge < -0.3 is 0 Å². The zero-order valence-electron chi connectivity index (χ0n) is 11.9. The van der Waals surface area contributed by atoms with Gasteiger partial charge in [-0.3, -0.25) is 4.79 Å². The molecule has 0 radical (unpaired) electrons. The molecule has 0 heterocycles. The van der Waals surface area contributed by atoms with E-state index in [-0.39, 0.29) is 10.8 Å². The SMILES string of the molecule is CC(=O)C12CC3C[C@](C)(C1)C[C@@]2(c1ccccc1)C3. The first kappa shape index (κ1) is 11.7. The molecule has 4 aliphatic carbocycles. The van der Waals surface area contributed by atoms with Gasteiger partial charge in [-0.15, -0.1) is 0 Å². The summed E-state index contributed by atoms with van der Waals surface area (Å²) in [5.74, 6) is 1.22. The number of rotatable bonds is 2. The maximum absolute atomic E-state index is 12.5. The molecule has 4 bridgehead atoms. The minimum absolute atomic E-state index is 0.0496. The molecule has 0 spiro atoms. The lowest BCUT2D eigenvalue weighted by molar-refractivity contribution is -0.129. The van der Waals surface area contributed by atoms with Crippen LogP contribution in [-0.2, 0) is 10.2 Å². The molecular weight excluding hydrogens is 232 g/mol. The summed E-state index contributed by atoms with van der Waals surface area (Å²) < 4.78 is 0. The van der Waals surface area contributed by atoms with Crippen LogP contribution in [0.4, 0.5) is 0 Å². The van der Waals surface area contributed by atoms with E-state index >= 15 is 0 Å². The molecule has 1 aromatic rings. The lowest BCUT2D eigenvalue weighted by Gasteiger charge is -2.40. The highest BCUT2D eigenvalue weighted by atomic mass is 16.1. The molecule has 4 saturated carbocycles. The summed E-state index contributed by atoms with van der Waals surface area (Å²) in [6.07, 6.45) is 6.08. The van der Waals surface area contributed by atoms with Crippen LogP contribution in [0.2, 0.25) is 0 Å². The molecule has 1 heteroatoms. The fourth-order valence-electron chi connectivity index (χ4n) is 6.29. The van der Waals surface area contributed by atoms with Gasteiger partial charge in [-0.1, -0.05) is 37.3 Å². The number of hydrogen-bond acceptors (Lipinski definition) is 1. The second-order valence-electron chi connectivity index (χ2n) is 7.73. The van der Waals surface area contributed by atoms with Crippen molar-refractivity contribution in [2.24, 2.45) is 16.7 Å². The molecule has 1 aromatic carbocycles. The van der Waals surface area contributed by atoms with Crippen molar-refractivity contribution in [3.05, 3.63) is 35.9 Å². The van der Waals surface area contributed by atoms with Crippen molar-refractivity contribution in [1.82, 2.24) is 0 Å². The van der Waals surface area contributed by atoms with Gasteiger partial charge in [0.05, 0.1) is 0 Å². The van der Waals surface area contributed by atoms with Crippen molar-refractivity contribution < 1.29 is 4.79 Å². The maximum atomic E-state index is 12.5. The van der Waals surface area contributed by atoms with Crippen molar-refractivity contribution in [3.8, 4) is 0 Å². The fraction of sp³-hybridized carbons (Fsp3) is 0.611. The molecule has 19 heavy (non-hydrogen) atoms. The molecule has 4 atom stereocenters.